The third-order valence-corrected chi connectivity index (χ3v) is 8.81. The predicted octanol–water partition coefficient (Wildman–Crippen LogP) is 3.53. The van der Waals surface area contributed by atoms with Gasteiger partial charge >= 0.3 is 0 Å². The molecule has 1 atom stereocenters. The Balaban J connectivity index is 1.11. The minimum absolute atomic E-state index is 0.0477. The zero-order valence-electron chi connectivity index (χ0n) is 24.7. The quantitative estimate of drug-likeness (QED) is 0.466. The average Bonchev–Trinajstić information content (AvgIpc) is 3.34. The molecule has 10 heteroatoms. The van der Waals surface area contributed by atoms with Gasteiger partial charge in [-0.15, -0.1) is 0 Å². The Morgan fingerprint density at radius 2 is 1.70 bits per heavy atom. The summed E-state index contributed by atoms with van der Waals surface area (Å²) in [5, 5.41) is 3.48. The summed E-state index contributed by atoms with van der Waals surface area (Å²) in [4.78, 5) is 41.3. The van der Waals surface area contributed by atoms with E-state index < -0.39 is 5.79 Å². The summed E-state index contributed by atoms with van der Waals surface area (Å²) in [6.07, 6.45) is 2.60. The molecule has 5 rings (SSSR count). The van der Waals surface area contributed by atoms with E-state index in [0.29, 0.717) is 61.1 Å². The van der Waals surface area contributed by atoms with Crippen LogP contribution in [-0.4, -0.2) is 72.6 Å². The minimum atomic E-state index is -0.817. The SMILES string of the molecule is CC(C)C(C(=O)N1CCC2(CC1)Oc1ccc(C#CC(=O)NCCN3CCC(C(N)=O)CC3)cc1O2)c1ccc(Cl)cc1. The van der Waals surface area contributed by atoms with Crippen molar-refractivity contribution in [2.45, 2.75) is 51.2 Å². The van der Waals surface area contributed by atoms with Crippen molar-refractivity contribution in [3.05, 3.63) is 58.6 Å². The summed E-state index contributed by atoms with van der Waals surface area (Å²) in [6, 6.07) is 12.9. The molecule has 0 aliphatic carbocycles. The molecule has 2 aromatic carbocycles. The van der Waals surface area contributed by atoms with Crippen LogP contribution in [0.1, 0.15) is 56.6 Å². The van der Waals surface area contributed by atoms with Gasteiger partial charge in [0, 0.05) is 61.4 Å². The Hall–Kier alpha value is -3.74. The maximum Gasteiger partial charge on any atom is 0.296 e. The Morgan fingerprint density at radius 1 is 1.02 bits per heavy atom. The topological polar surface area (TPSA) is 114 Å². The van der Waals surface area contributed by atoms with Crippen LogP contribution in [0.5, 0.6) is 11.5 Å². The highest BCUT2D eigenvalue weighted by Gasteiger charge is 2.46. The van der Waals surface area contributed by atoms with E-state index in [9.17, 15) is 14.4 Å². The van der Waals surface area contributed by atoms with Crippen molar-refractivity contribution >= 4 is 29.3 Å². The second-order valence-corrected chi connectivity index (χ2v) is 12.3. The predicted molar refractivity (Wildman–Crippen MR) is 164 cm³/mol. The Kier molecular flexibility index (Phi) is 9.48. The van der Waals surface area contributed by atoms with E-state index in [1.54, 1.807) is 6.07 Å². The molecule has 2 fully saturated rings. The van der Waals surface area contributed by atoms with Crippen LogP contribution in [0, 0.1) is 23.7 Å². The number of benzene rings is 2. The number of amides is 3. The van der Waals surface area contributed by atoms with Crippen LogP contribution in [0.25, 0.3) is 0 Å². The largest absolute Gasteiger partial charge is 0.448 e. The molecule has 228 valence electrons. The molecule has 1 unspecified atom stereocenters. The summed E-state index contributed by atoms with van der Waals surface area (Å²) < 4.78 is 12.5. The first kappa shape index (κ1) is 30.7. The van der Waals surface area contributed by atoms with Gasteiger partial charge in [0.25, 0.3) is 11.7 Å². The van der Waals surface area contributed by atoms with Crippen molar-refractivity contribution in [1.29, 1.82) is 0 Å². The van der Waals surface area contributed by atoms with Gasteiger partial charge < -0.3 is 30.3 Å². The number of carbonyl (C=O) groups excluding carboxylic acids is 3. The second kappa shape index (κ2) is 13.3. The van der Waals surface area contributed by atoms with Crippen LogP contribution in [0.3, 0.4) is 0 Å². The van der Waals surface area contributed by atoms with Gasteiger partial charge in [-0.1, -0.05) is 43.5 Å². The van der Waals surface area contributed by atoms with E-state index in [1.165, 1.54) is 0 Å². The standard InChI is InChI=1S/C33H39ClN4O5/c1-22(2)30(24-5-7-26(34)8-6-24)32(41)38-18-13-33(14-19-38)42-27-9-3-23(21-28(27)43-33)4-10-29(39)36-15-20-37-16-11-25(12-17-37)31(35)40/h3,5-9,21-22,25,30H,11-20H2,1-2H3,(H2,35,40)(H,36,39). The van der Waals surface area contributed by atoms with Crippen molar-refractivity contribution in [3.63, 3.8) is 0 Å². The molecule has 0 radical (unpaired) electrons. The maximum atomic E-state index is 13.5. The van der Waals surface area contributed by atoms with Crippen molar-refractivity contribution in [2.24, 2.45) is 17.6 Å². The number of hydrogen-bond acceptors (Lipinski definition) is 6. The number of hydrogen-bond donors (Lipinski definition) is 2. The number of likely N-dealkylation sites (tertiary alicyclic amines) is 2. The molecule has 3 N–H and O–H groups in total. The number of halogens is 1. The van der Waals surface area contributed by atoms with Crippen LogP contribution in [0.2, 0.25) is 5.02 Å². The lowest BCUT2D eigenvalue weighted by Crippen LogP contribution is -2.52. The minimum Gasteiger partial charge on any atom is -0.448 e. The maximum absolute atomic E-state index is 13.5. The van der Waals surface area contributed by atoms with E-state index in [0.717, 1.165) is 31.5 Å². The van der Waals surface area contributed by atoms with Crippen molar-refractivity contribution in [3.8, 4) is 23.3 Å². The monoisotopic (exact) mass is 606 g/mol. The molecular formula is C33H39ClN4O5. The Bertz CT molecular complexity index is 1400. The molecule has 3 aliphatic rings. The fourth-order valence-electron chi connectivity index (χ4n) is 6.06. The fourth-order valence-corrected chi connectivity index (χ4v) is 6.19. The zero-order chi connectivity index (χ0) is 30.6. The molecular weight excluding hydrogens is 568 g/mol. The van der Waals surface area contributed by atoms with Gasteiger partial charge in [0.15, 0.2) is 11.5 Å². The number of primary amides is 1. The third kappa shape index (κ3) is 7.43. The lowest BCUT2D eigenvalue weighted by molar-refractivity contribution is -0.148. The first-order chi connectivity index (χ1) is 20.6. The lowest BCUT2D eigenvalue weighted by Gasteiger charge is -2.39. The van der Waals surface area contributed by atoms with Crippen molar-refractivity contribution < 1.29 is 23.9 Å². The number of nitrogens with two attached hydrogens (primary N) is 1. The highest BCUT2D eigenvalue weighted by Crippen LogP contribution is 2.44. The van der Waals surface area contributed by atoms with E-state index >= 15 is 0 Å². The lowest BCUT2D eigenvalue weighted by atomic mass is 9.86. The fraction of sp³-hybridized carbons (Fsp3) is 0.485. The first-order valence-corrected chi connectivity index (χ1v) is 15.4. The van der Waals surface area contributed by atoms with E-state index in [-0.39, 0.29) is 35.5 Å². The number of nitrogens with one attached hydrogen (secondary N) is 1. The summed E-state index contributed by atoms with van der Waals surface area (Å²) >= 11 is 6.07. The highest BCUT2D eigenvalue weighted by molar-refractivity contribution is 6.30. The van der Waals surface area contributed by atoms with Gasteiger partial charge in [-0.2, -0.15) is 0 Å². The summed E-state index contributed by atoms with van der Waals surface area (Å²) in [7, 11) is 0. The van der Waals surface area contributed by atoms with Gasteiger partial charge in [0.2, 0.25) is 11.8 Å². The van der Waals surface area contributed by atoms with Gasteiger partial charge in [-0.05, 0) is 67.7 Å². The highest BCUT2D eigenvalue weighted by atomic mass is 35.5. The van der Waals surface area contributed by atoms with Crippen molar-refractivity contribution in [2.75, 3.05) is 39.3 Å². The molecule has 2 saturated heterocycles. The third-order valence-electron chi connectivity index (χ3n) is 8.56. The number of rotatable bonds is 7. The van der Waals surface area contributed by atoms with Gasteiger partial charge in [-0.3, -0.25) is 14.4 Å². The molecule has 0 saturated carbocycles. The zero-order valence-corrected chi connectivity index (χ0v) is 25.5. The molecule has 3 heterocycles. The van der Waals surface area contributed by atoms with E-state index in [1.807, 2.05) is 41.3 Å². The van der Waals surface area contributed by atoms with E-state index in [2.05, 4.69) is 35.9 Å². The molecule has 43 heavy (non-hydrogen) atoms. The number of piperidine rings is 2. The van der Waals surface area contributed by atoms with Crippen LogP contribution in [-0.2, 0) is 14.4 Å². The van der Waals surface area contributed by atoms with Crippen LogP contribution >= 0.6 is 11.6 Å². The Morgan fingerprint density at radius 3 is 2.35 bits per heavy atom. The summed E-state index contributed by atoms with van der Waals surface area (Å²) in [6.45, 7) is 7.95. The van der Waals surface area contributed by atoms with Gasteiger partial charge in [0.1, 0.15) is 0 Å². The number of nitrogens with zero attached hydrogens (tertiary/aromatic N) is 2. The van der Waals surface area contributed by atoms with Crippen LogP contribution in [0.15, 0.2) is 42.5 Å². The van der Waals surface area contributed by atoms with Gasteiger partial charge in [-0.25, -0.2) is 0 Å². The molecule has 1 spiro atoms. The van der Waals surface area contributed by atoms with Crippen LogP contribution in [0.4, 0.5) is 0 Å². The van der Waals surface area contributed by atoms with E-state index in [4.69, 9.17) is 26.8 Å². The van der Waals surface area contributed by atoms with Gasteiger partial charge in [0.05, 0.1) is 5.92 Å². The number of fused-ring (bicyclic) bond motifs is 1. The number of ether oxygens (including phenoxy) is 2. The smallest absolute Gasteiger partial charge is 0.296 e. The normalized spacial score (nSPS) is 18.7. The molecule has 2 aromatic rings. The Labute approximate surface area is 258 Å². The molecule has 9 nitrogen and oxygen atoms in total. The molecule has 0 aromatic heterocycles. The average molecular weight is 607 g/mol. The first-order valence-electron chi connectivity index (χ1n) is 15.0. The van der Waals surface area contributed by atoms with Crippen molar-refractivity contribution in [1.82, 2.24) is 15.1 Å². The summed E-state index contributed by atoms with van der Waals surface area (Å²) in [5.41, 5.74) is 7.01. The molecule has 3 aliphatic heterocycles. The second-order valence-electron chi connectivity index (χ2n) is 11.9. The molecule has 0 bridgehead atoms. The van der Waals surface area contributed by atoms with Crippen LogP contribution < -0.4 is 20.5 Å². The number of carbonyl (C=O) groups is 3. The summed E-state index contributed by atoms with van der Waals surface area (Å²) in [5.74, 6) is 5.34. The molecule has 3 amide bonds.